The van der Waals surface area contributed by atoms with Crippen molar-refractivity contribution in [3.63, 3.8) is 0 Å². The number of nitrogens with zero attached hydrogens (tertiary/aromatic N) is 1. The van der Waals surface area contributed by atoms with Gasteiger partial charge in [-0.25, -0.2) is 13.2 Å². The Hall–Kier alpha value is -2.21. The lowest BCUT2D eigenvalue weighted by Gasteiger charge is -2.03. The standard InChI is InChI=1S/C13H11NO4S/c1-19(17,18)11-4-2-9(3-5-11)12-8-10(13(15)16)6-7-14-12/h2-8H,1H3,(H,15,16). The first-order valence-electron chi connectivity index (χ1n) is 5.38. The van der Waals surface area contributed by atoms with E-state index in [1.165, 1.54) is 30.5 Å². The molecule has 0 aliphatic rings. The zero-order chi connectivity index (χ0) is 14.0. The summed E-state index contributed by atoms with van der Waals surface area (Å²) in [7, 11) is -3.24. The van der Waals surface area contributed by atoms with Gasteiger partial charge in [-0.15, -0.1) is 0 Å². The van der Waals surface area contributed by atoms with Crippen molar-refractivity contribution in [2.24, 2.45) is 0 Å². The van der Waals surface area contributed by atoms with Gasteiger partial charge in [-0.1, -0.05) is 12.1 Å². The molecule has 5 nitrogen and oxygen atoms in total. The molecule has 1 N–H and O–H groups in total. The van der Waals surface area contributed by atoms with Crippen molar-refractivity contribution >= 4 is 15.8 Å². The number of benzene rings is 1. The Morgan fingerprint density at radius 1 is 1.16 bits per heavy atom. The lowest BCUT2D eigenvalue weighted by molar-refractivity contribution is 0.0697. The van der Waals surface area contributed by atoms with Crippen LogP contribution in [-0.2, 0) is 9.84 Å². The Labute approximate surface area is 110 Å². The SMILES string of the molecule is CS(=O)(=O)c1ccc(-c2cc(C(=O)O)ccn2)cc1. The van der Waals surface area contributed by atoms with E-state index >= 15 is 0 Å². The monoisotopic (exact) mass is 277 g/mol. The van der Waals surface area contributed by atoms with Crippen LogP contribution in [0.3, 0.4) is 0 Å². The van der Waals surface area contributed by atoms with Crippen molar-refractivity contribution < 1.29 is 18.3 Å². The van der Waals surface area contributed by atoms with E-state index in [0.29, 0.717) is 11.3 Å². The molecule has 98 valence electrons. The molecule has 0 amide bonds. The predicted octanol–water partition coefficient (Wildman–Crippen LogP) is 1.85. The Morgan fingerprint density at radius 2 is 1.79 bits per heavy atom. The van der Waals surface area contributed by atoms with Gasteiger partial charge in [-0.2, -0.15) is 0 Å². The molecule has 0 bridgehead atoms. The minimum Gasteiger partial charge on any atom is -0.478 e. The summed E-state index contributed by atoms with van der Waals surface area (Å²) in [5.41, 5.74) is 1.28. The summed E-state index contributed by atoms with van der Waals surface area (Å²) in [6.45, 7) is 0. The van der Waals surface area contributed by atoms with Gasteiger partial charge in [0.05, 0.1) is 16.2 Å². The Bertz CT molecular complexity index is 721. The zero-order valence-electron chi connectivity index (χ0n) is 10.1. The Kier molecular flexibility index (Phi) is 3.35. The number of sulfone groups is 1. The van der Waals surface area contributed by atoms with Crippen LogP contribution in [0.25, 0.3) is 11.3 Å². The van der Waals surface area contributed by atoms with Crippen LogP contribution in [-0.4, -0.2) is 30.7 Å². The summed E-state index contributed by atoms with van der Waals surface area (Å²) in [6, 6.07) is 8.99. The van der Waals surface area contributed by atoms with Gasteiger partial charge < -0.3 is 5.11 Å². The van der Waals surface area contributed by atoms with E-state index in [9.17, 15) is 13.2 Å². The van der Waals surface area contributed by atoms with Crippen LogP contribution in [0.5, 0.6) is 0 Å². The summed E-state index contributed by atoms with van der Waals surface area (Å²) in [6.07, 6.45) is 2.54. The highest BCUT2D eigenvalue weighted by Gasteiger charge is 2.09. The van der Waals surface area contributed by atoms with Crippen LogP contribution in [0.4, 0.5) is 0 Å². The maximum atomic E-state index is 11.3. The molecule has 0 atom stereocenters. The first-order valence-corrected chi connectivity index (χ1v) is 7.27. The van der Waals surface area contributed by atoms with E-state index in [-0.39, 0.29) is 10.5 Å². The number of aromatic carboxylic acids is 1. The van der Waals surface area contributed by atoms with Gasteiger partial charge in [0, 0.05) is 18.0 Å². The molecular formula is C13H11NO4S. The number of hydrogen-bond acceptors (Lipinski definition) is 4. The molecule has 0 unspecified atom stereocenters. The van der Waals surface area contributed by atoms with E-state index in [1.54, 1.807) is 12.1 Å². The molecule has 2 rings (SSSR count). The third-order valence-corrected chi connectivity index (χ3v) is 3.71. The highest BCUT2D eigenvalue weighted by molar-refractivity contribution is 7.90. The van der Waals surface area contributed by atoms with Crippen LogP contribution < -0.4 is 0 Å². The van der Waals surface area contributed by atoms with Crippen molar-refractivity contribution in [3.05, 3.63) is 48.2 Å². The molecule has 0 radical (unpaired) electrons. The van der Waals surface area contributed by atoms with Crippen molar-refractivity contribution in [2.75, 3.05) is 6.26 Å². The minimum atomic E-state index is -3.24. The fraction of sp³-hybridized carbons (Fsp3) is 0.0769. The van der Waals surface area contributed by atoms with Crippen molar-refractivity contribution in [1.82, 2.24) is 4.98 Å². The maximum Gasteiger partial charge on any atom is 0.335 e. The average molecular weight is 277 g/mol. The lowest BCUT2D eigenvalue weighted by Crippen LogP contribution is -1.98. The summed E-state index contributed by atoms with van der Waals surface area (Å²) in [5.74, 6) is -1.03. The largest absolute Gasteiger partial charge is 0.478 e. The smallest absolute Gasteiger partial charge is 0.335 e. The minimum absolute atomic E-state index is 0.136. The molecule has 0 fully saturated rings. The lowest BCUT2D eigenvalue weighted by atomic mass is 10.1. The van der Waals surface area contributed by atoms with Crippen LogP contribution in [0.2, 0.25) is 0 Å². The first-order chi connectivity index (χ1) is 8.88. The third kappa shape index (κ3) is 2.97. The highest BCUT2D eigenvalue weighted by Crippen LogP contribution is 2.20. The second-order valence-corrected chi connectivity index (χ2v) is 6.05. The molecule has 19 heavy (non-hydrogen) atoms. The molecule has 0 aliphatic heterocycles. The second-order valence-electron chi connectivity index (χ2n) is 4.03. The van der Waals surface area contributed by atoms with Gasteiger partial charge in [-0.05, 0) is 24.3 Å². The highest BCUT2D eigenvalue weighted by atomic mass is 32.2. The fourth-order valence-electron chi connectivity index (χ4n) is 1.59. The van der Waals surface area contributed by atoms with Gasteiger partial charge in [0.15, 0.2) is 9.84 Å². The molecular weight excluding hydrogens is 266 g/mol. The second kappa shape index (κ2) is 4.81. The quantitative estimate of drug-likeness (QED) is 0.925. The molecule has 0 saturated heterocycles. The van der Waals surface area contributed by atoms with Gasteiger partial charge in [0.1, 0.15) is 0 Å². The van der Waals surface area contributed by atoms with Crippen molar-refractivity contribution in [3.8, 4) is 11.3 Å². The average Bonchev–Trinajstić information content (AvgIpc) is 2.38. The molecule has 1 aromatic heterocycles. The molecule has 0 spiro atoms. The van der Waals surface area contributed by atoms with E-state index < -0.39 is 15.8 Å². The number of carboxylic acids is 1. The summed E-state index contributed by atoms with van der Waals surface area (Å²) >= 11 is 0. The van der Waals surface area contributed by atoms with Crippen LogP contribution >= 0.6 is 0 Å². The topological polar surface area (TPSA) is 84.3 Å². The fourth-order valence-corrected chi connectivity index (χ4v) is 2.22. The number of carboxylic acid groups (broad SMARTS) is 1. The molecule has 1 aromatic carbocycles. The number of rotatable bonds is 3. The summed E-state index contributed by atoms with van der Waals surface area (Å²) in [4.78, 5) is 15.1. The third-order valence-electron chi connectivity index (χ3n) is 2.59. The van der Waals surface area contributed by atoms with E-state index in [1.807, 2.05) is 0 Å². The van der Waals surface area contributed by atoms with Crippen molar-refractivity contribution in [1.29, 1.82) is 0 Å². The van der Waals surface area contributed by atoms with Crippen LogP contribution in [0, 0.1) is 0 Å². The van der Waals surface area contributed by atoms with E-state index in [4.69, 9.17) is 5.11 Å². The number of aromatic nitrogens is 1. The molecule has 2 aromatic rings. The Balaban J connectivity index is 2.43. The molecule has 0 saturated carbocycles. The van der Waals surface area contributed by atoms with E-state index in [0.717, 1.165) is 6.26 Å². The first kappa shape index (κ1) is 13.2. The van der Waals surface area contributed by atoms with Crippen LogP contribution in [0.1, 0.15) is 10.4 Å². The predicted molar refractivity (Wildman–Crippen MR) is 69.7 cm³/mol. The molecule has 1 heterocycles. The number of pyridine rings is 1. The molecule has 6 heteroatoms. The van der Waals surface area contributed by atoms with Gasteiger partial charge >= 0.3 is 5.97 Å². The number of hydrogen-bond donors (Lipinski definition) is 1. The zero-order valence-corrected chi connectivity index (χ0v) is 10.9. The van der Waals surface area contributed by atoms with Gasteiger partial charge in [-0.3, -0.25) is 4.98 Å². The summed E-state index contributed by atoms with van der Waals surface area (Å²) < 4.78 is 22.7. The van der Waals surface area contributed by atoms with Crippen molar-refractivity contribution in [2.45, 2.75) is 4.90 Å². The van der Waals surface area contributed by atoms with Crippen LogP contribution in [0.15, 0.2) is 47.5 Å². The molecule has 0 aliphatic carbocycles. The summed E-state index contributed by atoms with van der Waals surface area (Å²) in [5, 5.41) is 8.90. The van der Waals surface area contributed by atoms with Gasteiger partial charge in [0.2, 0.25) is 0 Å². The normalized spacial score (nSPS) is 11.2. The Morgan fingerprint density at radius 3 is 2.32 bits per heavy atom. The van der Waals surface area contributed by atoms with E-state index in [2.05, 4.69) is 4.98 Å². The maximum absolute atomic E-state index is 11.3. The van der Waals surface area contributed by atoms with Gasteiger partial charge in [0.25, 0.3) is 0 Å². The number of carbonyl (C=O) groups is 1.